The molecule has 5 nitrogen and oxygen atoms in total. The zero-order chi connectivity index (χ0) is 45.0. The van der Waals surface area contributed by atoms with Crippen LogP contribution in [0, 0.1) is 0 Å². The highest BCUT2D eigenvalue weighted by molar-refractivity contribution is 7.99. The third-order valence-electron chi connectivity index (χ3n) is 12.9. The molecular weight excluding hydrogens is 847 g/mol. The highest BCUT2D eigenvalue weighted by atomic mass is 32.2. The Hall–Kier alpha value is -8.71. The number of pyridine rings is 2. The van der Waals surface area contributed by atoms with Gasteiger partial charge in [0.05, 0.1) is 33.8 Å². The van der Waals surface area contributed by atoms with Crippen molar-refractivity contribution in [2.24, 2.45) is 0 Å². The van der Waals surface area contributed by atoms with Crippen LogP contribution >= 0.6 is 11.8 Å². The van der Waals surface area contributed by atoms with E-state index in [0.29, 0.717) is 5.82 Å². The van der Waals surface area contributed by atoms with Crippen molar-refractivity contribution in [2.45, 2.75) is 9.79 Å². The van der Waals surface area contributed by atoms with E-state index in [1.165, 1.54) is 31.9 Å². The van der Waals surface area contributed by atoms with Gasteiger partial charge >= 0.3 is 0 Å². The van der Waals surface area contributed by atoms with Crippen molar-refractivity contribution in [1.29, 1.82) is 0 Å². The monoisotopic (exact) mass is 885 g/mol. The highest BCUT2D eigenvalue weighted by Crippen LogP contribution is 2.51. The Morgan fingerprint density at radius 1 is 0.338 bits per heavy atom. The van der Waals surface area contributed by atoms with Crippen molar-refractivity contribution in [3.63, 3.8) is 0 Å². The van der Waals surface area contributed by atoms with Crippen LogP contribution in [0.5, 0.6) is 0 Å². The summed E-state index contributed by atoms with van der Waals surface area (Å²) in [6.45, 7) is 0. The maximum atomic E-state index is 5.39. The number of rotatable bonds is 7. The quantitative estimate of drug-likeness (QED) is 0.149. The third kappa shape index (κ3) is 7.15. The van der Waals surface area contributed by atoms with Crippen LogP contribution in [0.4, 0.5) is 17.1 Å². The Bertz CT molecular complexity index is 3860. The summed E-state index contributed by atoms with van der Waals surface area (Å²) in [4.78, 5) is 25.1. The summed E-state index contributed by atoms with van der Waals surface area (Å²) < 4.78 is 0. The van der Waals surface area contributed by atoms with Crippen molar-refractivity contribution in [2.75, 3.05) is 4.90 Å². The molecular formula is C62H39N5S. The second-order valence-electron chi connectivity index (χ2n) is 17.1. The minimum Gasteiger partial charge on any atom is -0.308 e. The van der Waals surface area contributed by atoms with Gasteiger partial charge in [0.25, 0.3) is 0 Å². The zero-order valence-corrected chi connectivity index (χ0v) is 37.5. The fourth-order valence-corrected chi connectivity index (χ4v) is 10.6. The lowest BCUT2D eigenvalue weighted by Gasteiger charge is -2.32. The van der Waals surface area contributed by atoms with Crippen molar-refractivity contribution in [3.8, 4) is 67.3 Å². The van der Waals surface area contributed by atoms with E-state index in [4.69, 9.17) is 19.9 Å². The van der Waals surface area contributed by atoms with Crippen molar-refractivity contribution in [3.05, 3.63) is 237 Å². The molecule has 0 saturated heterocycles. The van der Waals surface area contributed by atoms with E-state index in [9.17, 15) is 0 Å². The molecule has 0 amide bonds. The van der Waals surface area contributed by atoms with Gasteiger partial charge < -0.3 is 4.90 Å². The minimum atomic E-state index is 0.656. The van der Waals surface area contributed by atoms with E-state index in [1.807, 2.05) is 42.4 Å². The molecule has 13 rings (SSSR count). The number of aromatic nitrogens is 4. The summed E-state index contributed by atoms with van der Waals surface area (Å²) in [5.41, 5.74) is 16.5. The van der Waals surface area contributed by atoms with Crippen molar-refractivity contribution >= 4 is 61.4 Å². The predicted octanol–water partition coefficient (Wildman–Crippen LogP) is 16.7. The molecule has 3 aromatic heterocycles. The van der Waals surface area contributed by atoms with Gasteiger partial charge in [-0.2, -0.15) is 0 Å². The van der Waals surface area contributed by atoms with Crippen LogP contribution in [-0.2, 0) is 0 Å². The van der Waals surface area contributed by atoms with Gasteiger partial charge in [-0.3, -0.25) is 9.97 Å². The Kier molecular flexibility index (Phi) is 9.69. The average Bonchev–Trinajstić information content (AvgIpc) is 3.42. The number of hydrogen-bond acceptors (Lipinski definition) is 6. The maximum Gasteiger partial charge on any atom is 0.160 e. The van der Waals surface area contributed by atoms with Gasteiger partial charge in [0.15, 0.2) is 5.82 Å². The molecule has 0 saturated carbocycles. The van der Waals surface area contributed by atoms with Gasteiger partial charge in [0.1, 0.15) is 0 Å². The van der Waals surface area contributed by atoms with Crippen molar-refractivity contribution < 1.29 is 0 Å². The first-order chi connectivity index (χ1) is 33.7. The molecule has 0 bridgehead atoms. The largest absolute Gasteiger partial charge is 0.308 e. The van der Waals surface area contributed by atoms with E-state index in [2.05, 4.69) is 211 Å². The smallest absolute Gasteiger partial charge is 0.160 e. The van der Waals surface area contributed by atoms with Crippen LogP contribution in [0.1, 0.15) is 0 Å². The SMILES string of the molecule is c1ccc(-c2cc(-c3ccc4ccccc4c3)nc(-c3cc(-c4ccc(N5c6ccccc6Sc6ccccc65)cc4)cc(-c4cccc(-c5cc6cccnc6c6ncccc56)c4)c3)n2)cc1. The summed E-state index contributed by atoms with van der Waals surface area (Å²) in [6.07, 6.45) is 3.68. The van der Waals surface area contributed by atoms with Gasteiger partial charge in [0.2, 0.25) is 0 Å². The second kappa shape index (κ2) is 16.6. The molecule has 0 aliphatic carbocycles. The lowest BCUT2D eigenvalue weighted by Crippen LogP contribution is -2.14. The molecule has 9 aromatic carbocycles. The van der Waals surface area contributed by atoms with Crippen LogP contribution in [0.2, 0.25) is 0 Å². The lowest BCUT2D eigenvalue weighted by atomic mass is 9.92. The molecule has 0 atom stereocenters. The summed E-state index contributed by atoms with van der Waals surface area (Å²) in [7, 11) is 0. The van der Waals surface area contributed by atoms with E-state index >= 15 is 0 Å². The number of para-hydroxylation sites is 2. The molecule has 0 spiro atoms. The number of fused-ring (bicyclic) bond motifs is 6. The number of nitrogens with zero attached hydrogens (tertiary/aromatic N) is 5. The molecule has 0 fully saturated rings. The van der Waals surface area contributed by atoms with Crippen LogP contribution in [0.3, 0.4) is 0 Å². The van der Waals surface area contributed by atoms with Crippen LogP contribution in [0.15, 0.2) is 247 Å². The van der Waals surface area contributed by atoms with E-state index in [-0.39, 0.29) is 0 Å². The van der Waals surface area contributed by atoms with E-state index < -0.39 is 0 Å². The van der Waals surface area contributed by atoms with Gasteiger partial charge in [-0.15, -0.1) is 0 Å². The molecule has 6 heteroatoms. The topological polar surface area (TPSA) is 54.8 Å². The van der Waals surface area contributed by atoms with Crippen LogP contribution in [0.25, 0.3) is 99.9 Å². The molecule has 0 unspecified atom stereocenters. The summed E-state index contributed by atoms with van der Waals surface area (Å²) in [5, 5.41) is 4.48. The Morgan fingerprint density at radius 2 is 0.926 bits per heavy atom. The van der Waals surface area contributed by atoms with Crippen LogP contribution in [-0.4, -0.2) is 19.9 Å². The lowest BCUT2D eigenvalue weighted by molar-refractivity contribution is 1.17. The number of hydrogen-bond donors (Lipinski definition) is 0. The normalized spacial score (nSPS) is 12.0. The van der Waals surface area contributed by atoms with Gasteiger partial charge in [-0.05, 0) is 135 Å². The third-order valence-corrected chi connectivity index (χ3v) is 14.0. The number of benzene rings is 9. The molecule has 12 aromatic rings. The molecule has 0 radical (unpaired) electrons. The zero-order valence-electron chi connectivity index (χ0n) is 36.7. The first-order valence-corrected chi connectivity index (χ1v) is 23.6. The average molecular weight is 886 g/mol. The molecule has 4 heterocycles. The molecule has 1 aliphatic heterocycles. The molecule has 318 valence electrons. The Morgan fingerprint density at radius 3 is 1.72 bits per heavy atom. The predicted molar refractivity (Wildman–Crippen MR) is 282 cm³/mol. The Balaban J connectivity index is 0.988. The Labute approximate surface area is 398 Å². The minimum absolute atomic E-state index is 0.656. The molecule has 0 N–H and O–H groups in total. The fraction of sp³-hybridized carbons (Fsp3) is 0. The van der Waals surface area contributed by atoms with Gasteiger partial charge in [0, 0.05) is 55.3 Å². The van der Waals surface area contributed by atoms with E-state index in [0.717, 1.165) is 89.0 Å². The number of anilines is 3. The first kappa shape index (κ1) is 39.6. The standard InChI is InChI=1S/C62H39N5S/c1-2-14-42(15-3-1)54-39-55(46-26-25-40-13-4-5-16-43(40)34-46)66-62(65-54)50-36-48(41-27-29-51(30-28-41)67-56-21-6-8-23-58(56)68-59-24-9-7-22-57(59)67)35-49(37-50)44-17-10-18-45(33-44)53-38-47-19-11-31-63-60(47)61-52(53)20-12-32-64-61/h1-39H. The first-order valence-electron chi connectivity index (χ1n) is 22.8. The van der Waals surface area contributed by atoms with Crippen molar-refractivity contribution in [1.82, 2.24) is 19.9 Å². The molecule has 68 heavy (non-hydrogen) atoms. The fourth-order valence-electron chi connectivity index (χ4n) is 9.59. The van der Waals surface area contributed by atoms with Crippen LogP contribution < -0.4 is 4.90 Å². The van der Waals surface area contributed by atoms with Gasteiger partial charge in [-0.1, -0.05) is 145 Å². The van der Waals surface area contributed by atoms with Gasteiger partial charge in [-0.25, -0.2) is 9.97 Å². The summed E-state index contributed by atoms with van der Waals surface area (Å²) in [5.74, 6) is 0.656. The summed E-state index contributed by atoms with van der Waals surface area (Å²) in [6, 6.07) is 79.9. The second-order valence-corrected chi connectivity index (χ2v) is 18.2. The molecule has 1 aliphatic rings. The maximum absolute atomic E-state index is 5.39. The van der Waals surface area contributed by atoms with E-state index in [1.54, 1.807) is 0 Å². The highest BCUT2D eigenvalue weighted by Gasteiger charge is 2.24. The summed E-state index contributed by atoms with van der Waals surface area (Å²) >= 11 is 1.82.